The van der Waals surface area contributed by atoms with Crippen LogP contribution >= 0.6 is 23.1 Å². The van der Waals surface area contributed by atoms with Gasteiger partial charge in [-0.2, -0.15) is 4.99 Å². The predicted molar refractivity (Wildman–Crippen MR) is 118 cm³/mol. The molecule has 0 bridgehead atoms. The number of amides is 1. The summed E-state index contributed by atoms with van der Waals surface area (Å²) in [5, 5.41) is 0. The summed E-state index contributed by atoms with van der Waals surface area (Å²) in [5.41, 5.74) is 1.13. The lowest BCUT2D eigenvalue weighted by Gasteiger charge is -2.10. The lowest BCUT2D eigenvalue weighted by molar-refractivity contribution is -0.143. The highest BCUT2D eigenvalue weighted by Gasteiger charge is 2.19. The number of hydrogen-bond donors (Lipinski definition) is 0. The molecule has 7 nitrogen and oxygen atoms in total. The Kier molecular flexibility index (Phi) is 7.17. The standard InChI is InChI=1S/C21H22N2O5S2/c1-5-28-17(24)12-23-18-14(26-2)10-11-15(27-3)19(18)30-21(23)22-20(25)13-8-6-7-9-16(13)29-4/h6-11H,5,12H2,1-4H3. The largest absolute Gasteiger partial charge is 0.495 e. The van der Waals surface area contributed by atoms with Crippen LogP contribution < -0.4 is 14.3 Å². The summed E-state index contributed by atoms with van der Waals surface area (Å²) >= 11 is 2.73. The highest BCUT2D eigenvalue weighted by molar-refractivity contribution is 7.98. The van der Waals surface area contributed by atoms with Crippen molar-refractivity contribution in [1.82, 2.24) is 4.57 Å². The van der Waals surface area contributed by atoms with Gasteiger partial charge in [0.25, 0.3) is 5.91 Å². The Bertz CT molecular complexity index is 1150. The molecule has 158 valence electrons. The van der Waals surface area contributed by atoms with Crippen molar-refractivity contribution in [2.75, 3.05) is 27.1 Å². The first-order valence-corrected chi connectivity index (χ1v) is 11.2. The fraction of sp³-hybridized carbons (Fsp3) is 0.286. The second-order valence-corrected chi connectivity index (χ2v) is 7.87. The molecule has 3 rings (SSSR count). The molecule has 0 spiro atoms. The van der Waals surface area contributed by atoms with Gasteiger partial charge in [0, 0.05) is 4.90 Å². The number of benzene rings is 2. The summed E-state index contributed by atoms with van der Waals surface area (Å²) in [7, 11) is 3.11. The Balaban J connectivity index is 2.25. The van der Waals surface area contributed by atoms with Gasteiger partial charge in [-0.25, -0.2) is 0 Å². The zero-order chi connectivity index (χ0) is 21.7. The highest BCUT2D eigenvalue weighted by atomic mass is 32.2. The van der Waals surface area contributed by atoms with Crippen molar-refractivity contribution >= 4 is 45.2 Å². The zero-order valence-corrected chi connectivity index (χ0v) is 18.8. The molecule has 2 aromatic carbocycles. The van der Waals surface area contributed by atoms with Crippen LogP contribution in [0, 0.1) is 0 Å². The van der Waals surface area contributed by atoms with E-state index in [-0.39, 0.29) is 19.1 Å². The van der Waals surface area contributed by atoms with Gasteiger partial charge in [0.05, 0.1) is 26.4 Å². The summed E-state index contributed by atoms with van der Waals surface area (Å²) in [6, 6.07) is 10.8. The van der Waals surface area contributed by atoms with Crippen LogP contribution in [0.5, 0.6) is 11.5 Å². The number of rotatable bonds is 7. The second-order valence-electron chi connectivity index (χ2n) is 6.04. The minimum absolute atomic E-state index is 0.104. The Hall–Kier alpha value is -2.78. The van der Waals surface area contributed by atoms with E-state index in [2.05, 4.69) is 4.99 Å². The maximum Gasteiger partial charge on any atom is 0.326 e. The number of carbonyl (C=O) groups excluding carboxylic acids is 2. The van der Waals surface area contributed by atoms with Gasteiger partial charge in [0.1, 0.15) is 28.3 Å². The van der Waals surface area contributed by atoms with Crippen LogP contribution in [0.2, 0.25) is 0 Å². The van der Waals surface area contributed by atoms with Gasteiger partial charge >= 0.3 is 5.97 Å². The van der Waals surface area contributed by atoms with Gasteiger partial charge in [-0.3, -0.25) is 9.59 Å². The summed E-state index contributed by atoms with van der Waals surface area (Å²) in [4.78, 5) is 30.8. The van der Waals surface area contributed by atoms with Crippen molar-refractivity contribution in [2.45, 2.75) is 18.4 Å². The minimum Gasteiger partial charge on any atom is -0.495 e. The molecular weight excluding hydrogens is 424 g/mol. The lowest BCUT2D eigenvalue weighted by Crippen LogP contribution is -2.23. The van der Waals surface area contributed by atoms with Crippen LogP contribution in [0.25, 0.3) is 10.2 Å². The van der Waals surface area contributed by atoms with Crippen molar-refractivity contribution in [2.24, 2.45) is 4.99 Å². The summed E-state index contributed by atoms with van der Waals surface area (Å²) in [5.74, 6) is 0.333. The molecule has 0 fully saturated rings. The third-order valence-corrected chi connectivity index (χ3v) is 6.21. The average Bonchev–Trinajstić information content (AvgIpc) is 3.10. The van der Waals surface area contributed by atoms with Gasteiger partial charge in [0.2, 0.25) is 0 Å². The smallest absolute Gasteiger partial charge is 0.326 e. The lowest BCUT2D eigenvalue weighted by atomic mass is 10.2. The van der Waals surface area contributed by atoms with Gasteiger partial charge in [-0.15, -0.1) is 11.8 Å². The van der Waals surface area contributed by atoms with E-state index in [1.54, 1.807) is 50.0 Å². The maximum absolute atomic E-state index is 13.0. The summed E-state index contributed by atoms with van der Waals surface area (Å²) < 4.78 is 18.4. The van der Waals surface area contributed by atoms with Crippen LogP contribution in [0.4, 0.5) is 0 Å². The molecule has 1 amide bonds. The summed E-state index contributed by atoms with van der Waals surface area (Å²) in [6.45, 7) is 1.90. The SMILES string of the molecule is CCOC(=O)Cn1c(=NC(=O)c2ccccc2SC)sc2c(OC)ccc(OC)c21. The molecule has 3 aromatic rings. The van der Waals surface area contributed by atoms with Crippen LogP contribution in [0.3, 0.4) is 0 Å². The van der Waals surface area contributed by atoms with E-state index in [4.69, 9.17) is 14.2 Å². The second kappa shape index (κ2) is 9.82. The molecule has 0 saturated heterocycles. The minimum atomic E-state index is -0.430. The predicted octanol–water partition coefficient (Wildman–Crippen LogP) is 3.75. The van der Waals surface area contributed by atoms with E-state index in [0.717, 1.165) is 9.60 Å². The van der Waals surface area contributed by atoms with E-state index in [0.29, 0.717) is 27.4 Å². The van der Waals surface area contributed by atoms with Gasteiger partial charge in [0.15, 0.2) is 4.80 Å². The first-order chi connectivity index (χ1) is 14.5. The Morgan fingerprint density at radius 2 is 1.80 bits per heavy atom. The number of methoxy groups -OCH3 is 2. The monoisotopic (exact) mass is 446 g/mol. The fourth-order valence-corrected chi connectivity index (χ4v) is 4.72. The molecule has 0 N–H and O–H groups in total. The highest BCUT2D eigenvalue weighted by Crippen LogP contribution is 2.35. The molecule has 1 aromatic heterocycles. The first-order valence-electron chi connectivity index (χ1n) is 9.16. The van der Waals surface area contributed by atoms with Gasteiger partial charge < -0.3 is 18.8 Å². The van der Waals surface area contributed by atoms with E-state index in [9.17, 15) is 9.59 Å². The Morgan fingerprint density at radius 3 is 2.47 bits per heavy atom. The molecular formula is C21H22N2O5S2. The molecule has 30 heavy (non-hydrogen) atoms. The number of hydrogen-bond acceptors (Lipinski definition) is 7. The molecule has 9 heteroatoms. The molecule has 1 heterocycles. The number of nitrogens with zero attached hydrogens (tertiary/aromatic N) is 2. The number of thioether (sulfide) groups is 1. The molecule has 0 atom stereocenters. The number of ether oxygens (including phenoxy) is 3. The number of thiazole rings is 1. The summed E-state index contributed by atoms with van der Waals surface area (Å²) in [6.07, 6.45) is 1.90. The Labute approximate surface area is 182 Å². The third-order valence-electron chi connectivity index (χ3n) is 4.32. The fourth-order valence-electron chi connectivity index (χ4n) is 2.99. The van der Waals surface area contributed by atoms with Crippen molar-refractivity contribution in [3.63, 3.8) is 0 Å². The third kappa shape index (κ3) is 4.36. The topological polar surface area (TPSA) is 79.1 Å². The van der Waals surface area contributed by atoms with Crippen molar-refractivity contribution in [3.8, 4) is 11.5 Å². The van der Waals surface area contributed by atoms with Crippen molar-refractivity contribution < 1.29 is 23.8 Å². The molecule has 0 radical (unpaired) electrons. The number of esters is 1. The van der Waals surface area contributed by atoms with Crippen molar-refractivity contribution in [1.29, 1.82) is 0 Å². The molecule has 0 aliphatic rings. The van der Waals surface area contributed by atoms with Gasteiger partial charge in [-0.1, -0.05) is 23.5 Å². The van der Waals surface area contributed by atoms with Crippen molar-refractivity contribution in [3.05, 3.63) is 46.8 Å². The van der Waals surface area contributed by atoms with E-state index < -0.39 is 5.97 Å². The molecule has 0 unspecified atom stereocenters. The molecule has 0 saturated carbocycles. The van der Waals surface area contributed by atoms with Crippen LogP contribution in [-0.2, 0) is 16.1 Å². The Morgan fingerprint density at radius 1 is 1.10 bits per heavy atom. The van der Waals surface area contributed by atoms with Crippen LogP contribution in [0.1, 0.15) is 17.3 Å². The average molecular weight is 447 g/mol. The maximum atomic E-state index is 13.0. The number of carbonyl (C=O) groups is 2. The van der Waals surface area contributed by atoms with Crippen LogP contribution in [0.15, 0.2) is 46.3 Å². The van der Waals surface area contributed by atoms with Crippen LogP contribution in [-0.4, -0.2) is 43.5 Å². The van der Waals surface area contributed by atoms with E-state index in [1.807, 2.05) is 18.4 Å². The first kappa shape index (κ1) is 21.9. The quantitative estimate of drug-likeness (QED) is 0.406. The number of fused-ring (bicyclic) bond motifs is 1. The van der Waals surface area contributed by atoms with E-state index >= 15 is 0 Å². The zero-order valence-electron chi connectivity index (χ0n) is 17.1. The van der Waals surface area contributed by atoms with E-state index in [1.165, 1.54) is 23.1 Å². The normalized spacial score (nSPS) is 11.5. The molecule has 0 aliphatic heterocycles. The number of aromatic nitrogens is 1. The molecule has 0 aliphatic carbocycles. The van der Waals surface area contributed by atoms with Gasteiger partial charge in [-0.05, 0) is 37.4 Å².